The Balaban J connectivity index is 3.10. The normalized spacial score (nSPS) is 14.1. The fraction of sp³-hybridized carbons (Fsp3) is 0.800. The third-order valence-corrected chi connectivity index (χ3v) is 1.77. The van der Waals surface area contributed by atoms with Crippen LogP contribution in [0.3, 0.4) is 0 Å². The van der Waals surface area contributed by atoms with Gasteiger partial charge in [0, 0.05) is 0 Å². The fourth-order valence-electron chi connectivity index (χ4n) is 1.10. The summed E-state index contributed by atoms with van der Waals surface area (Å²) in [6.07, 6.45) is 9.44. The molecule has 1 heteroatoms. The molecule has 0 amide bonds. The Bertz CT molecular complexity index is 97.0. The van der Waals surface area contributed by atoms with Gasteiger partial charge < -0.3 is 5.11 Å². The molecule has 0 bridgehead atoms. The maximum atomic E-state index is 9.26. The molecule has 0 aliphatic heterocycles. The summed E-state index contributed by atoms with van der Waals surface area (Å²) >= 11 is 0. The Morgan fingerprint density at radius 2 is 2.00 bits per heavy atom. The van der Waals surface area contributed by atoms with Crippen LogP contribution in [0.25, 0.3) is 0 Å². The number of unbranched alkanes of at least 4 members (excludes halogenated alkanes) is 3. The zero-order chi connectivity index (χ0) is 8.53. The SMILES string of the molecule is C/C=C/[C@H](O)CCCCCC. The summed E-state index contributed by atoms with van der Waals surface area (Å²) in [5.74, 6) is 0. The minimum Gasteiger partial charge on any atom is -0.389 e. The molecule has 66 valence electrons. The lowest BCUT2D eigenvalue weighted by Gasteiger charge is -2.03. The van der Waals surface area contributed by atoms with Crippen LogP contribution in [0.5, 0.6) is 0 Å². The van der Waals surface area contributed by atoms with Crippen molar-refractivity contribution in [2.24, 2.45) is 0 Å². The molecule has 0 fully saturated rings. The van der Waals surface area contributed by atoms with Crippen LogP contribution in [0, 0.1) is 0 Å². The molecular weight excluding hydrogens is 136 g/mol. The van der Waals surface area contributed by atoms with Crippen molar-refractivity contribution in [1.82, 2.24) is 0 Å². The maximum Gasteiger partial charge on any atom is 0.0720 e. The maximum absolute atomic E-state index is 9.26. The Hall–Kier alpha value is -0.300. The van der Waals surface area contributed by atoms with Gasteiger partial charge in [0.2, 0.25) is 0 Å². The predicted molar refractivity (Wildman–Crippen MR) is 49.6 cm³/mol. The van der Waals surface area contributed by atoms with Gasteiger partial charge in [0.25, 0.3) is 0 Å². The average molecular weight is 156 g/mol. The van der Waals surface area contributed by atoms with Gasteiger partial charge in [-0.2, -0.15) is 0 Å². The van der Waals surface area contributed by atoms with E-state index in [1.807, 2.05) is 19.1 Å². The summed E-state index contributed by atoms with van der Waals surface area (Å²) in [4.78, 5) is 0. The van der Waals surface area contributed by atoms with Crippen LogP contribution in [0.4, 0.5) is 0 Å². The number of hydrogen-bond donors (Lipinski definition) is 1. The highest BCUT2D eigenvalue weighted by Crippen LogP contribution is 2.05. The Morgan fingerprint density at radius 1 is 1.27 bits per heavy atom. The van der Waals surface area contributed by atoms with Crippen molar-refractivity contribution in [2.45, 2.75) is 52.1 Å². The molecule has 0 radical (unpaired) electrons. The Labute approximate surface area is 70.1 Å². The monoisotopic (exact) mass is 156 g/mol. The second-order valence-electron chi connectivity index (χ2n) is 2.94. The van der Waals surface area contributed by atoms with Gasteiger partial charge in [-0.05, 0) is 13.3 Å². The first-order valence-corrected chi connectivity index (χ1v) is 4.62. The number of aliphatic hydroxyl groups excluding tert-OH is 1. The fourth-order valence-corrected chi connectivity index (χ4v) is 1.10. The zero-order valence-corrected chi connectivity index (χ0v) is 7.71. The van der Waals surface area contributed by atoms with E-state index in [2.05, 4.69) is 6.92 Å². The Kier molecular flexibility index (Phi) is 7.59. The highest BCUT2D eigenvalue weighted by molar-refractivity contribution is 4.84. The van der Waals surface area contributed by atoms with Gasteiger partial charge in [0.05, 0.1) is 6.10 Å². The molecule has 0 rings (SSSR count). The molecule has 0 aromatic heterocycles. The predicted octanol–water partition coefficient (Wildman–Crippen LogP) is 2.89. The summed E-state index contributed by atoms with van der Waals surface area (Å²) in [5.41, 5.74) is 0. The van der Waals surface area contributed by atoms with Crippen molar-refractivity contribution in [3.63, 3.8) is 0 Å². The van der Waals surface area contributed by atoms with E-state index in [1.54, 1.807) is 0 Å². The second kappa shape index (κ2) is 7.80. The minimum absolute atomic E-state index is 0.211. The largest absolute Gasteiger partial charge is 0.389 e. The molecular formula is C10H20O. The molecule has 0 aromatic carbocycles. The van der Waals surface area contributed by atoms with Crippen molar-refractivity contribution in [1.29, 1.82) is 0 Å². The van der Waals surface area contributed by atoms with Gasteiger partial charge in [-0.3, -0.25) is 0 Å². The third-order valence-electron chi connectivity index (χ3n) is 1.77. The number of hydrogen-bond acceptors (Lipinski definition) is 1. The minimum atomic E-state index is -0.211. The molecule has 0 saturated heterocycles. The van der Waals surface area contributed by atoms with Crippen molar-refractivity contribution in [3.8, 4) is 0 Å². The molecule has 1 N–H and O–H groups in total. The first kappa shape index (κ1) is 10.7. The molecule has 0 aliphatic rings. The van der Waals surface area contributed by atoms with Crippen molar-refractivity contribution >= 4 is 0 Å². The van der Waals surface area contributed by atoms with Crippen molar-refractivity contribution in [2.75, 3.05) is 0 Å². The van der Waals surface area contributed by atoms with Gasteiger partial charge in [-0.25, -0.2) is 0 Å². The summed E-state index contributed by atoms with van der Waals surface area (Å²) in [6, 6.07) is 0. The van der Waals surface area contributed by atoms with Crippen LogP contribution in [0.2, 0.25) is 0 Å². The lowest BCUT2D eigenvalue weighted by molar-refractivity contribution is 0.208. The van der Waals surface area contributed by atoms with Crippen molar-refractivity contribution in [3.05, 3.63) is 12.2 Å². The molecule has 1 atom stereocenters. The third kappa shape index (κ3) is 7.60. The highest BCUT2D eigenvalue weighted by Gasteiger charge is 1.96. The van der Waals surface area contributed by atoms with E-state index < -0.39 is 0 Å². The van der Waals surface area contributed by atoms with E-state index in [0.717, 1.165) is 12.8 Å². The van der Waals surface area contributed by atoms with Crippen LogP contribution < -0.4 is 0 Å². The molecule has 1 nitrogen and oxygen atoms in total. The van der Waals surface area contributed by atoms with E-state index in [4.69, 9.17) is 0 Å². The second-order valence-corrected chi connectivity index (χ2v) is 2.94. The Morgan fingerprint density at radius 3 is 2.55 bits per heavy atom. The van der Waals surface area contributed by atoms with E-state index in [9.17, 15) is 5.11 Å². The molecule has 0 heterocycles. The standard InChI is InChI=1S/C10H20O/c1-3-5-6-7-9-10(11)8-4-2/h4,8,10-11H,3,5-7,9H2,1-2H3/b8-4+/t10-/m0/s1. The average Bonchev–Trinajstić information content (AvgIpc) is 1.99. The topological polar surface area (TPSA) is 20.2 Å². The molecule has 0 aliphatic carbocycles. The summed E-state index contributed by atoms with van der Waals surface area (Å²) < 4.78 is 0. The number of rotatable bonds is 6. The van der Waals surface area contributed by atoms with E-state index >= 15 is 0 Å². The zero-order valence-electron chi connectivity index (χ0n) is 7.71. The molecule has 0 saturated carbocycles. The van der Waals surface area contributed by atoms with E-state index in [-0.39, 0.29) is 6.10 Å². The molecule has 0 unspecified atom stereocenters. The first-order valence-electron chi connectivity index (χ1n) is 4.62. The number of allylic oxidation sites excluding steroid dienone is 1. The van der Waals surface area contributed by atoms with Crippen LogP contribution in [0.1, 0.15) is 46.0 Å². The van der Waals surface area contributed by atoms with Gasteiger partial charge in [-0.1, -0.05) is 44.8 Å². The smallest absolute Gasteiger partial charge is 0.0720 e. The van der Waals surface area contributed by atoms with Gasteiger partial charge >= 0.3 is 0 Å². The lowest BCUT2D eigenvalue weighted by Crippen LogP contribution is -2.00. The van der Waals surface area contributed by atoms with Gasteiger partial charge in [0.15, 0.2) is 0 Å². The van der Waals surface area contributed by atoms with Crippen LogP contribution >= 0.6 is 0 Å². The number of aliphatic hydroxyl groups is 1. The van der Waals surface area contributed by atoms with E-state index in [0.29, 0.717) is 0 Å². The van der Waals surface area contributed by atoms with Crippen LogP contribution in [0.15, 0.2) is 12.2 Å². The summed E-state index contributed by atoms with van der Waals surface area (Å²) in [5, 5.41) is 9.26. The van der Waals surface area contributed by atoms with E-state index in [1.165, 1.54) is 19.3 Å². The van der Waals surface area contributed by atoms with Crippen molar-refractivity contribution < 1.29 is 5.11 Å². The molecule has 0 spiro atoms. The van der Waals surface area contributed by atoms with Gasteiger partial charge in [-0.15, -0.1) is 0 Å². The van der Waals surface area contributed by atoms with Gasteiger partial charge in [0.1, 0.15) is 0 Å². The first-order chi connectivity index (χ1) is 5.31. The molecule has 0 aromatic rings. The summed E-state index contributed by atoms with van der Waals surface area (Å²) in [7, 11) is 0. The van der Waals surface area contributed by atoms with Crippen LogP contribution in [-0.4, -0.2) is 11.2 Å². The summed E-state index contributed by atoms with van der Waals surface area (Å²) in [6.45, 7) is 4.14. The lowest BCUT2D eigenvalue weighted by atomic mass is 10.1. The highest BCUT2D eigenvalue weighted by atomic mass is 16.3. The molecule has 11 heavy (non-hydrogen) atoms. The van der Waals surface area contributed by atoms with Crippen LogP contribution in [-0.2, 0) is 0 Å². The quantitative estimate of drug-likeness (QED) is 0.463.